The van der Waals surface area contributed by atoms with Crippen molar-refractivity contribution >= 4 is 5.97 Å². The van der Waals surface area contributed by atoms with Crippen molar-refractivity contribution in [2.75, 3.05) is 0 Å². The van der Waals surface area contributed by atoms with E-state index < -0.39 is 12.1 Å². The molecule has 10 heavy (non-hydrogen) atoms. The average molecular weight is 142 g/mol. The number of aliphatic hydroxyl groups is 1. The van der Waals surface area contributed by atoms with Crippen molar-refractivity contribution in [3.8, 4) is 0 Å². The number of esters is 1. The van der Waals surface area contributed by atoms with Crippen LogP contribution in [0.5, 0.6) is 0 Å². The molecule has 0 amide bonds. The second-order valence-corrected chi connectivity index (χ2v) is 1.68. The highest BCUT2D eigenvalue weighted by Gasteiger charge is 2.06. The summed E-state index contributed by atoms with van der Waals surface area (Å²) in [5, 5.41) is 8.59. The van der Waals surface area contributed by atoms with Crippen LogP contribution in [0.4, 0.5) is 0 Å². The van der Waals surface area contributed by atoms with E-state index in [0.29, 0.717) is 0 Å². The molecule has 0 saturated heterocycles. The maximum atomic E-state index is 10.5. The maximum Gasteiger partial charge on any atom is 0.339 e. The van der Waals surface area contributed by atoms with Crippen LogP contribution in [0.25, 0.3) is 0 Å². The molecule has 3 heteroatoms. The minimum absolute atomic E-state index is 0.668. The number of carbonyl (C=O) groups is 1. The molecule has 0 radical (unpaired) electrons. The van der Waals surface area contributed by atoms with Gasteiger partial charge in [-0.15, -0.1) is 0 Å². The number of allylic oxidation sites excluding steroid dienone is 2. The Morgan fingerprint density at radius 2 is 2.40 bits per heavy atom. The Morgan fingerprint density at radius 1 is 1.80 bits per heavy atom. The maximum absolute atomic E-state index is 10.5. The molecule has 0 spiro atoms. The van der Waals surface area contributed by atoms with Gasteiger partial charge in [-0.1, -0.05) is 12.7 Å². The van der Waals surface area contributed by atoms with Crippen LogP contribution >= 0.6 is 0 Å². The summed E-state index contributed by atoms with van der Waals surface area (Å²) >= 11 is 0. The number of hydrogen-bond donors (Lipinski definition) is 1. The van der Waals surface area contributed by atoms with Gasteiger partial charge >= 0.3 is 5.97 Å². The van der Waals surface area contributed by atoms with E-state index in [1.54, 1.807) is 0 Å². The van der Waals surface area contributed by atoms with Crippen LogP contribution in [0.1, 0.15) is 6.92 Å². The second kappa shape index (κ2) is 4.76. The Labute approximate surface area is 59.6 Å². The molecule has 0 aliphatic carbocycles. The summed E-state index contributed by atoms with van der Waals surface area (Å²) in [5.41, 5.74) is 0. The Bertz CT molecular complexity index is 147. The van der Waals surface area contributed by atoms with E-state index in [4.69, 9.17) is 5.11 Å². The molecule has 0 aliphatic heterocycles. The highest BCUT2D eigenvalue weighted by molar-refractivity contribution is 5.74. The fourth-order valence-corrected chi connectivity index (χ4v) is 0.260. The molecule has 0 rings (SSSR count). The Hall–Kier alpha value is -1.09. The first kappa shape index (κ1) is 8.91. The number of aliphatic hydroxyl groups excluding tert-OH is 1. The zero-order valence-corrected chi connectivity index (χ0v) is 5.78. The monoisotopic (exact) mass is 142 g/mol. The van der Waals surface area contributed by atoms with E-state index in [1.807, 2.05) is 0 Å². The first-order valence-corrected chi connectivity index (χ1v) is 2.84. The van der Waals surface area contributed by atoms with E-state index in [2.05, 4.69) is 11.3 Å². The Balaban J connectivity index is 3.59. The standard InChI is InChI=1S/C7H10O3/c1-3-4-5-10-7(9)6(2)8/h3-6,8H,1H2,2H3/b5-4+. The van der Waals surface area contributed by atoms with E-state index >= 15 is 0 Å². The summed E-state index contributed by atoms with van der Waals surface area (Å²) in [6.07, 6.45) is 3.02. The molecule has 0 aromatic carbocycles. The quantitative estimate of drug-likeness (QED) is 0.357. The average Bonchev–Trinajstić information content (AvgIpc) is 1.88. The second-order valence-electron chi connectivity index (χ2n) is 1.68. The van der Waals surface area contributed by atoms with Gasteiger partial charge in [0.2, 0.25) is 0 Å². The van der Waals surface area contributed by atoms with Gasteiger partial charge in [-0.25, -0.2) is 4.79 Å². The summed E-state index contributed by atoms with van der Waals surface area (Å²) in [6.45, 7) is 4.70. The lowest BCUT2D eigenvalue weighted by Crippen LogP contribution is -2.16. The smallest absolute Gasteiger partial charge is 0.339 e. The van der Waals surface area contributed by atoms with Crippen molar-refractivity contribution in [2.45, 2.75) is 13.0 Å². The van der Waals surface area contributed by atoms with Gasteiger partial charge in [-0.05, 0) is 13.0 Å². The molecule has 1 N–H and O–H groups in total. The van der Waals surface area contributed by atoms with Crippen molar-refractivity contribution in [2.24, 2.45) is 0 Å². The SMILES string of the molecule is C=C/C=C/OC(=O)C(C)O. The molecule has 0 fully saturated rings. The Morgan fingerprint density at radius 3 is 2.80 bits per heavy atom. The summed E-state index contributed by atoms with van der Waals surface area (Å²) in [6, 6.07) is 0. The molecule has 1 unspecified atom stereocenters. The minimum atomic E-state index is -1.07. The first-order chi connectivity index (χ1) is 4.68. The molecule has 0 aromatic rings. The molecular weight excluding hydrogens is 132 g/mol. The van der Waals surface area contributed by atoms with Crippen LogP contribution in [-0.2, 0) is 9.53 Å². The van der Waals surface area contributed by atoms with Gasteiger partial charge in [0.15, 0.2) is 0 Å². The molecule has 0 aliphatic rings. The molecule has 0 saturated carbocycles. The zero-order chi connectivity index (χ0) is 7.98. The van der Waals surface area contributed by atoms with Crippen LogP contribution in [0.15, 0.2) is 25.0 Å². The van der Waals surface area contributed by atoms with Gasteiger partial charge < -0.3 is 9.84 Å². The van der Waals surface area contributed by atoms with Crippen LogP contribution in [0, 0.1) is 0 Å². The van der Waals surface area contributed by atoms with Gasteiger partial charge in [-0.2, -0.15) is 0 Å². The third-order valence-corrected chi connectivity index (χ3v) is 0.740. The fraction of sp³-hybridized carbons (Fsp3) is 0.286. The molecule has 56 valence electrons. The largest absolute Gasteiger partial charge is 0.433 e. The van der Waals surface area contributed by atoms with Gasteiger partial charge in [0, 0.05) is 0 Å². The van der Waals surface area contributed by atoms with Gasteiger partial charge in [0.25, 0.3) is 0 Å². The lowest BCUT2D eigenvalue weighted by Gasteiger charge is -1.98. The summed E-state index contributed by atoms with van der Waals surface area (Å²) < 4.78 is 4.40. The van der Waals surface area contributed by atoms with E-state index in [9.17, 15) is 4.79 Å². The van der Waals surface area contributed by atoms with Crippen LogP contribution in [0.2, 0.25) is 0 Å². The highest BCUT2D eigenvalue weighted by atomic mass is 16.5. The van der Waals surface area contributed by atoms with Crippen molar-refractivity contribution in [3.05, 3.63) is 25.0 Å². The lowest BCUT2D eigenvalue weighted by atomic mass is 10.4. The normalized spacial score (nSPS) is 13.0. The zero-order valence-electron chi connectivity index (χ0n) is 5.78. The van der Waals surface area contributed by atoms with Gasteiger partial charge in [-0.3, -0.25) is 0 Å². The summed E-state index contributed by atoms with van der Waals surface area (Å²) in [5.74, 6) is -0.668. The van der Waals surface area contributed by atoms with Crippen molar-refractivity contribution in [1.82, 2.24) is 0 Å². The molecule has 0 heterocycles. The first-order valence-electron chi connectivity index (χ1n) is 2.84. The van der Waals surface area contributed by atoms with Crippen LogP contribution < -0.4 is 0 Å². The third kappa shape index (κ3) is 3.86. The number of hydrogen-bond acceptors (Lipinski definition) is 3. The number of rotatable bonds is 3. The van der Waals surface area contributed by atoms with E-state index in [0.717, 1.165) is 0 Å². The molecular formula is C7H10O3. The fourth-order valence-electron chi connectivity index (χ4n) is 0.260. The van der Waals surface area contributed by atoms with E-state index in [-0.39, 0.29) is 0 Å². The van der Waals surface area contributed by atoms with Gasteiger partial charge in [0.05, 0.1) is 6.26 Å². The van der Waals surface area contributed by atoms with Crippen LogP contribution in [-0.4, -0.2) is 17.2 Å². The Kier molecular flexibility index (Phi) is 4.24. The molecule has 1 atom stereocenters. The topological polar surface area (TPSA) is 46.5 Å². The molecule has 0 aromatic heterocycles. The highest BCUT2D eigenvalue weighted by Crippen LogP contribution is 1.87. The predicted octanol–water partition coefficient (Wildman–Crippen LogP) is 0.610. The van der Waals surface area contributed by atoms with E-state index in [1.165, 1.54) is 25.3 Å². The molecule has 3 nitrogen and oxygen atoms in total. The van der Waals surface area contributed by atoms with Crippen molar-refractivity contribution in [1.29, 1.82) is 0 Å². The number of carbonyl (C=O) groups excluding carboxylic acids is 1. The van der Waals surface area contributed by atoms with Crippen molar-refractivity contribution < 1.29 is 14.6 Å². The summed E-state index contributed by atoms with van der Waals surface area (Å²) in [7, 11) is 0. The predicted molar refractivity (Wildman–Crippen MR) is 37.1 cm³/mol. The van der Waals surface area contributed by atoms with Crippen LogP contribution in [0.3, 0.4) is 0 Å². The number of ether oxygens (including phenoxy) is 1. The minimum Gasteiger partial charge on any atom is -0.433 e. The third-order valence-electron chi connectivity index (χ3n) is 0.740. The summed E-state index contributed by atoms with van der Waals surface area (Å²) in [4.78, 5) is 10.5. The van der Waals surface area contributed by atoms with Crippen molar-refractivity contribution in [3.63, 3.8) is 0 Å². The lowest BCUT2D eigenvalue weighted by molar-refractivity contribution is -0.146. The molecule has 0 bridgehead atoms. The van der Waals surface area contributed by atoms with Gasteiger partial charge in [0.1, 0.15) is 6.10 Å².